The van der Waals surface area contributed by atoms with E-state index in [2.05, 4.69) is 27.9 Å². The molecule has 0 saturated carbocycles. The lowest BCUT2D eigenvalue weighted by Gasteiger charge is -2.12. The molecule has 3 aromatic carbocycles. The molecule has 0 aliphatic carbocycles. The van der Waals surface area contributed by atoms with E-state index >= 15 is 0 Å². The van der Waals surface area contributed by atoms with Crippen LogP contribution in [-0.4, -0.2) is 15.5 Å². The van der Waals surface area contributed by atoms with Crippen molar-refractivity contribution in [2.75, 3.05) is 5.32 Å². The zero-order valence-electron chi connectivity index (χ0n) is 15.1. The summed E-state index contributed by atoms with van der Waals surface area (Å²) in [7, 11) is 0. The van der Waals surface area contributed by atoms with Crippen molar-refractivity contribution in [2.24, 2.45) is 0 Å². The molecule has 0 fully saturated rings. The minimum Gasteiger partial charge on any atom is -0.321 e. The fraction of sp³-hybridized carbons (Fsp3) is 0. The standard InChI is InChI=1S/C23H14IN3O2/c24-14-10-11-20-18(12-14)23(29)27(15-6-2-1-3-7-15)21(25-20)13-17-16-8-4-5-9-19(16)26-22(17)28/h1-13H,(H,26,28). The van der Waals surface area contributed by atoms with E-state index in [9.17, 15) is 9.59 Å². The quantitative estimate of drug-likeness (QED) is 0.332. The van der Waals surface area contributed by atoms with Gasteiger partial charge in [-0.3, -0.25) is 14.2 Å². The minimum absolute atomic E-state index is 0.168. The van der Waals surface area contributed by atoms with E-state index in [1.807, 2.05) is 72.8 Å². The predicted molar refractivity (Wildman–Crippen MR) is 123 cm³/mol. The molecule has 5 nitrogen and oxygen atoms in total. The van der Waals surface area contributed by atoms with E-state index in [4.69, 9.17) is 4.98 Å². The SMILES string of the molecule is O=C1Nc2ccccc2C1=Cc1nc2ccc(I)cc2c(=O)n1-c1ccccc1. The third-order valence-corrected chi connectivity index (χ3v) is 5.53. The number of amides is 1. The molecule has 0 unspecified atom stereocenters. The van der Waals surface area contributed by atoms with Crippen LogP contribution in [0.5, 0.6) is 0 Å². The van der Waals surface area contributed by atoms with Crippen LogP contribution in [0.1, 0.15) is 11.4 Å². The smallest absolute Gasteiger partial charge is 0.266 e. The van der Waals surface area contributed by atoms with Crippen molar-refractivity contribution in [3.8, 4) is 5.69 Å². The van der Waals surface area contributed by atoms with Gasteiger partial charge in [-0.25, -0.2) is 4.98 Å². The maximum absolute atomic E-state index is 13.4. The van der Waals surface area contributed by atoms with Crippen molar-refractivity contribution >= 4 is 56.7 Å². The highest BCUT2D eigenvalue weighted by Gasteiger charge is 2.24. The second-order valence-corrected chi connectivity index (χ2v) is 7.91. The van der Waals surface area contributed by atoms with Crippen molar-refractivity contribution in [3.05, 3.63) is 98.1 Å². The van der Waals surface area contributed by atoms with Crippen LogP contribution in [0.2, 0.25) is 0 Å². The highest BCUT2D eigenvalue weighted by molar-refractivity contribution is 14.1. The lowest BCUT2D eigenvalue weighted by Crippen LogP contribution is -2.22. The van der Waals surface area contributed by atoms with Gasteiger partial charge in [-0.05, 0) is 65.1 Å². The molecule has 29 heavy (non-hydrogen) atoms. The first-order chi connectivity index (χ1) is 14.1. The molecule has 1 aliphatic heterocycles. The fourth-order valence-electron chi connectivity index (χ4n) is 3.51. The van der Waals surface area contributed by atoms with Crippen LogP contribution in [0.4, 0.5) is 5.69 Å². The van der Waals surface area contributed by atoms with Gasteiger partial charge in [-0.1, -0.05) is 36.4 Å². The first-order valence-electron chi connectivity index (χ1n) is 9.02. The largest absolute Gasteiger partial charge is 0.321 e. The van der Waals surface area contributed by atoms with Crippen LogP contribution < -0.4 is 10.9 Å². The van der Waals surface area contributed by atoms with Gasteiger partial charge in [0.1, 0.15) is 5.82 Å². The molecule has 0 atom stereocenters. The highest BCUT2D eigenvalue weighted by Crippen LogP contribution is 2.32. The van der Waals surface area contributed by atoms with E-state index in [0.717, 1.165) is 14.8 Å². The van der Waals surface area contributed by atoms with Crippen LogP contribution in [-0.2, 0) is 4.79 Å². The van der Waals surface area contributed by atoms with Crippen LogP contribution >= 0.6 is 22.6 Å². The number of fused-ring (bicyclic) bond motifs is 2. The summed E-state index contributed by atoms with van der Waals surface area (Å²) >= 11 is 2.18. The third kappa shape index (κ3) is 3.05. The van der Waals surface area contributed by atoms with E-state index in [1.54, 1.807) is 10.6 Å². The number of hydrogen-bond acceptors (Lipinski definition) is 3. The Hall–Kier alpha value is -3.26. The number of para-hydroxylation sites is 2. The lowest BCUT2D eigenvalue weighted by molar-refractivity contribution is -0.110. The summed E-state index contributed by atoms with van der Waals surface area (Å²) < 4.78 is 2.52. The Morgan fingerprint density at radius 2 is 1.69 bits per heavy atom. The molecule has 5 rings (SSSR count). The Labute approximate surface area is 179 Å². The summed E-state index contributed by atoms with van der Waals surface area (Å²) in [6, 6.07) is 22.4. The number of nitrogens with one attached hydrogen (secondary N) is 1. The average Bonchev–Trinajstić information content (AvgIpc) is 3.05. The second kappa shape index (κ2) is 6.97. The number of carbonyl (C=O) groups is 1. The molecule has 1 aliphatic rings. The molecule has 2 heterocycles. The summed E-state index contributed by atoms with van der Waals surface area (Å²) in [5.74, 6) is 0.208. The second-order valence-electron chi connectivity index (χ2n) is 6.67. The Bertz CT molecular complexity index is 1370. The first-order valence-corrected chi connectivity index (χ1v) is 10.1. The van der Waals surface area contributed by atoms with Gasteiger partial charge in [0.25, 0.3) is 11.5 Å². The van der Waals surface area contributed by atoms with Crippen LogP contribution in [0.25, 0.3) is 28.2 Å². The first kappa shape index (κ1) is 17.8. The highest BCUT2D eigenvalue weighted by atomic mass is 127. The van der Waals surface area contributed by atoms with Gasteiger partial charge >= 0.3 is 0 Å². The molecule has 0 radical (unpaired) electrons. The molecule has 1 N–H and O–H groups in total. The molecule has 140 valence electrons. The molecule has 6 heteroatoms. The maximum Gasteiger partial charge on any atom is 0.266 e. The number of aromatic nitrogens is 2. The summed E-state index contributed by atoms with van der Waals surface area (Å²) in [6.45, 7) is 0. The number of rotatable bonds is 2. The number of nitrogens with zero attached hydrogens (tertiary/aromatic N) is 2. The lowest BCUT2D eigenvalue weighted by atomic mass is 10.1. The summed E-state index contributed by atoms with van der Waals surface area (Å²) in [5, 5.41) is 3.40. The van der Waals surface area contributed by atoms with Gasteiger partial charge in [0.15, 0.2) is 0 Å². The van der Waals surface area contributed by atoms with Gasteiger partial charge in [-0.15, -0.1) is 0 Å². The van der Waals surface area contributed by atoms with Crippen molar-refractivity contribution in [2.45, 2.75) is 0 Å². The van der Waals surface area contributed by atoms with Crippen molar-refractivity contribution < 1.29 is 4.79 Å². The number of halogens is 1. The predicted octanol–water partition coefficient (Wildman–Crippen LogP) is 4.48. The Morgan fingerprint density at radius 3 is 2.52 bits per heavy atom. The minimum atomic E-state index is -0.206. The Balaban J connectivity index is 1.83. The summed E-state index contributed by atoms with van der Waals surface area (Å²) in [4.78, 5) is 30.7. The van der Waals surface area contributed by atoms with Crippen molar-refractivity contribution in [3.63, 3.8) is 0 Å². The summed E-state index contributed by atoms with van der Waals surface area (Å²) in [6.07, 6.45) is 1.69. The van der Waals surface area contributed by atoms with Crippen LogP contribution in [0, 0.1) is 3.57 Å². The van der Waals surface area contributed by atoms with Gasteiger partial charge < -0.3 is 5.32 Å². The molecule has 0 bridgehead atoms. The third-order valence-electron chi connectivity index (χ3n) is 4.85. The number of hydrogen-bond donors (Lipinski definition) is 1. The molecule has 1 aromatic heterocycles. The number of anilines is 1. The van der Waals surface area contributed by atoms with Crippen LogP contribution in [0.15, 0.2) is 77.6 Å². The number of carbonyl (C=O) groups excluding carboxylic acids is 1. The molecule has 0 saturated heterocycles. The normalized spacial score (nSPS) is 14.2. The zero-order valence-corrected chi connectivity index (χ0v) is 17.3. The summed E-state index contributed by atoms with van der Waals surface area (Å²) in [5.41, 5.74) is 3.17. The average molecular weight is 491 g/mol. The maximum atomic E-state index is 13.4. The zero-order chi connectivity index (χ0) is 20.0. The molecule has 4 aromatic rings. The van der Waals surface area contributed by atoms with Crippen LogP contribution in [0.3, 0.4) is 0 Å². The van der Waals surface area contributed by atoms with Gasteiger partial charge in [0.2, 0.25) is 0 Å². The van der Waals surface area contributed by atoms with Crippen molar-refractivity contribution in [1.29, 1.82) is 0 Å². The van der Waals surface area contributed by atoms with Crippen molar-refractivity contribution in [1.82, 2.24) is 9.55 Å². The van der Waals surface area contributed by atoms with E-state index in [1.165, 1.54) is 0 Å². The monoisotopic (exact) mass is 491 g/mol. The number of benzene rings is 3. The molecular formula is C23H14IN3O2. The topological polar surface area (TPSA) is 64.0 Å². The Morgan fingerprint density at radius 1 is 0.931 bits per heavy atom. The fourth-order valence-corrected chi connectivity index (χ4v) is 4.00. The Kier molecular flexibility index (Phi) is 4.28. The molecule has 0 spiro atoms. The van der Waals surface area contributed by atoms with Gasteiger partial charge in [-0.2, -0.15) is 0 Å². The van der Waals surface area contributed by atoms with E-state index in [0.29, 0.717) is 28.0 Å². The van der Waals surface area contributed by atoms with E-state index in [-0.39, 0.29) is 11.5 Å². The van der Waals surface area contributed by atoms with E-state index < -0.39 is 0 Å². The molecular weight excluding hydrogens is 477 g/mol. The molecule has 1 amide bonds. The van der Waals surface area contributed by atoms with Gasteiger partial charge in [0, 0.05) is 14.8 Å². The van der Waals surface area contributed by atoms with Gasteiger partial charge in [0.05, 0.1) is 22.2 Å².